The number of hydrogen-bond donors (Lipinski definition) is 1. The predicted molar refractivity (Wildman–Crippen MR) is 109 cm³/mol. The van der Waals surface area contributed by atoms with E-state index >= 15 is 0 Å². The number of carbonyl (C=O) groups is 1. The fourth-order valence-electron chi connectivity index (χ4n) is 3.85. The van der Waals surface area contributed by atoms with E-state index in [-0.39, 0.29) is 36.0 Å². The van der Waals surface area contributed by atoms with E-state index in [4.69, 9.17) is 22.1 Å². The summed E-state index contributed by atoms with van der Waals surface area (Å²) < 4.78 is 33.9. The van der Waals surface area contributed by atoms with E-state index in [9.17, 15) is 13.6 Å². The molecular formula is C20H18ClF2N3O2S. The third-order valence-electron chi connectivity index (χ3n) is 5.33. The highest BCUT2D eigenvalue weighted by Gasteiger charge is 2.54. The Labute approximate surface area is 175 Å². The van der Waals surface area contributed by atoms with E-state index in [0.717, 1.165) is 0 Å². The van der Waals surface area contributed by atoms with Crippen molar-refractivity contribution in [3.63, 3.8) is 0 Å². The first-order chi connectivity index (χ1) is 13.9. The Hall–Kier alpha value is -2.03. The molecule has 0 amide bonds. The SMILES string of the molecule is NC1=N[C@@]2(c3cc(CC(=O)c4ccc(Cl)cn4)ccc3F)CO[C@H](CF)[C@H]2CS1. The number of aromatic nitrogens is 1. The van der Waals surface area contributed by atoms with Gasteiger partial charge in [0, 0.05) is 29.9 Å². The van der Waals surface area contributed by atoms with Crippen molar-refractivity contribution in [2.45, 2.75) is 18.1 Å². The van der Waals surface area contributed by atoms with E-state index in [2.05, 4.69) is 9.98 Å². The van der Waals surface area contributed by atoms with Gasteiger partial charge in [0.25, 0.3) is 0 Å². The van der Waals surface area contributed by atoms with Gasteiger partial charge in [-0.05, 0) is 29.8 Å². The quantitative estimate of drug-likeness (QED) is 0.724. The number of fused-ring (bicyclic) bond motifs is 1. The molecule has 0 saturated carbocycles. The lowest BCUT2D eigenvalue weighted by Gasteiger charge is -2.35. The number of thioether (sulfide) groups is 1. The zero-order valence-corrected chi connectivity index (χ0v) is 16.9. The monoisotopic (exact) mass is 437 g/mol. The number of ether oxygens (including phenoxy) is 1. The van der Waals surface area contributed by atoms with Crippen LogP contribution in [0, 0.1) is 11.7 Å². The maximum atomic E-state index is 14.9. The molecule has 2 aromatic rings. The highest BCUT2D eigenvalue weighted by Crippen LogP contribution is 2.48. The number of Topliss-reactive ketones (excluding diaryl/α,β-unsaturated/α-hetero) is 1. The Morgan fingerprint density at radius 3 is 2.93 bits per heavy atom. The second-order valence-electron chi connectivity index (χ2n) is 7.07. The fraction of sp³-hybridized carbons (Fsp3) is 0.350. The lowest BCUT2D eigenvalue weighted by molar-refractivity contribution is 0.0721. The summed E-state index contributed by atoms with van der Waals surface area (Å²) in [4.78, 5) is 21.1. The van der Waals surface area contributed by atoms with Crippen LogP contribution >= 0.6 is 23.4 Å². The average Bonchev–Trinajstić information content (AvgIpc) is 3.08. The molecule has 5 nitrogen and oxygen atoms in total. The van der Waals surface area contributed by atoms with Crippen molar-refractivity contribution in [2.24, 2.45) is 16.6 Å². The van der Waals surface area contributed by atoms with Gasteiger partial charge in [-0.3, -0.25) is 9.78 Å². The first kappa shape index (κ1) is 20.3. The summed E-state index contributed by atoms with van der Waals surface area (Å²) in [6.07, 6.45) is 0.769. The Morgan fingerprint density at radius 1 is 1.38 bits per heavy atom. The van der Waals surface area contributed by atoms with Crippen LogP contribution in [0.25, 0.3) is 0 Å². The van der Waals surface area contributed by atoms with Crippen molar-refractivity contribution in [2.75, 3.05) is 19.0 Å². The number of carbonyl (C=O) groups excluding carboxylic acids is 1. The fourth-order valence-corrected chi connectivity index (χ4v) is 5.03. The minimum atomic E-state index is -1.09. The third kappa shape index (κ3) is 3.76. The van der Waals surface area contributed by atoms with Crippen molar-refractivity contribution in [1.29, 1.82) is 0 Å². The van der Waals surface area contributed by atoms with E-state index in [1.54, 1.807) is 24.3 Å². The van der Waals surface area contributed by atoms with Crippen molar-refractivity contribution >= 4 is 34.3 Å². The lowest BCUT2D eigenvalue weighted by Crippen LogP contribution is -2.42. The number of benzene rings is 1. The number of rotatable bonds is 5. The van der Waals surface area contributed by atoms with Crippen LogP contribution in [0.2, 0.25) is 5.02 Å². The first-order valence-corrected chi connectivity index (χ1v) is 10.4. The predicted octanol–water partition coefficient (Wildman–Crippen LogP) is 3.54. The summed E-state index contributed by atoms with van der Waals surface area (Å²) in [5.74, 6) is -0.563. The summed E-state index contributed by atoms with van der Waals surface area (Å²) in [6.45, 7) is -0.634. The Bertz CT molecular complexity index is 973. The zero-order valence-electron chi connectivity index (χ0n) is 15.3. The topological polar surface area (TPSA) is 77.6 Å². The highest BCUT2D eigenvalue weighted by atomic mass is 35.5. The molecule has 0 bridgehead atoms. The minimum Gasteiger partial charge on any atom is -0.379 e. The van der Waals surface area contributed by atoms with Crippen LogP contribution in [0.1, 0.15) is 21.6 Å². The largest absolute Gasteiger partial charge is 0.379 e. The molecule has 1 aromatic heterocycles. The van der Waals surface area contributed by atoms with Crippen molar-refractivity contribution in [3.05, 3.63) is 64.2 Å². The standard InChI is InChI=1S/C20H18ClF2N3O2S/c21-12-2-4-16(25-8-12)17(27)6-11-1-3-15(23)13(5-11)20-10-28-18(7-22)14(20)9-29-19(24)26-20/h1-5,8,14,18H,6-7,9-10H2,(H2,24,26)/t14-,18-,20-/m1/s1. The summed E-state index contributed by atoms with van der Waals surface area (Å²) in [5.41, 5.74) is 5.99. The molecule has 0 unspecified atom stereocenters. The van der Waals surface area contributed by atoms with Crippen molar-refractivity contribution in [1.82, 2.24) is 4.98 Å². The van der Waals surface area contributed by atoms with Crippen LogP contribution in [-0.2, 0) is 16.7 Å². The van der Waals surface area contributed by atoms with Gasteiger partial charge in [-0.1, -0.05) is 29.4 Å². The van der Waals surface area contributed by atoms with Crippen LogP contribution in [0.5, 0.6) is 0 Å². The second-order valence-corrected chi connectivity index (χ2v) is 8.55. The molecule has 1 saturated heterocycles. The number of halogens is 3. The molecule has 0 spiro atoms. The number of pyridine rings is 1. The second kappa shape index (κ2) is 8.01. The maximum Gasteiger partial charge on any atom is 0.185 e. The molecule has 9 heteroatoms. The molecule has 2 aliphatic heterocycles. The highest BCUT2D eigenvalue weighted by molar-refractivity contribution is 8.13. The van der Waals surface area contributed by atoms with Gasteiger partial charge in [-0.2, -0.15) is 0 Å². The van der Waals surface area contributed by atoms with Crippen molar-refractivity contribution < 1.29 is 18.3 Å². The zero-order chi connectivity index (χ0) is 20.6. The van der Waals surface area contributed by atoms with Crippen LogP contribution < -0.4 is 5.73 Å². The van der Waals surface area contributed by atoms with Gasteiger partial charge in [-0.25, -0.2) is 13.8 Å². The summed E-state index contributed by atoms with van der Waals surface area (Å²) in [6, 6.07) is 7.59. The Kier molecular flexibility index (Phi) is 5.59. The molecule has 0 radical (unpaired) electrons. The summed E-state index contributed by atoms with van der Waals surface area (Å²) in [5, 5.41) is 0.751. The summed E-state index contributed by atoms with van der Waals surface area (Å²) in [7, 11) is 0. The number of alkyl halides is 1. The number of hydrogen-bond acceptors (Lipinski definition) is 6. The lowest BCUT2D eigenvalue weighted by atomic mass is 9.78. The number of nitrogens with zero attached hydrogens (tertiary/aromatic N) is 2. The maximum absolute atomic E-state index is 14.9. The number of ketones is 1. The van der Waals surface area contributed by atoms with Crippen LogP contribution in [0.4, 0.5) is 8.78 Å². The molecule has 29 heavy (non-hydrogen) atoms. The Balaban J connectivity index is 1.68. The van der Waals surface area contributed by atoms with Crippen molar-refractivity contribution in [3.8, 4) is 0 Å². The molecule has 0 aliphatic carbocycles. The summed E-state index contributed by atoms with van der Waals surface area (Å²) >= 11 is 7.12. The van der Waals surface area contributed by atoms with E-state index in [1.807, 2.05) is 0 Å². The molecular weight excluding hydrogens is 420 g/mol. The molecule has 1 aromatic carbocycles. The smallest absolute Gasteiger partial charge is 0.185 e. The molecule has 3 atom stereocenters. The minimum absolute atomic E-state index is 0.0317. The molecule has 2 N–H and O–H groups in total. The van der Waals surface area contributed by atoms with Gasteiger partial charge in [0.1, 0.15) is 23.7 Å². The van der Waals surface area contributed by atoms with Crippen LogP contribution in [0.3, 0.4) is 0 Å². The Morgan fingerprint density at radius 2 is 2.21 bits per heavy atom. The molecule has 1 fully saturated rings. The van der Waals surface area contributed by atoms with Gasteiger partial charge in [0.15, 0.2) is 11.0 Å². The van der Waals surface area contributed by atoms with Gasteiger partial charge < -0.3 is 10.5 Å². The van der Waals surface area contributed by atoms with Gasteiger partial charge >= 0.3 is 0 Å². The number of aliphatic imine (C=N–C) groups is 1. The third-order valence-corrected chi connectivity index (χ3v) is 6.46. The number of nitrogens with two attached hydrogens (primary N) is 1. The first-order valence-electron chi connectivity index (χ1n) is 9.02. The van der Waals surface area contributed by atoms with E-state index in [1.165, 1.54) is 24.0 Å². The molecule has 152 valence electrons. The molecule has 3 heterocycles. The molecule has 2 aliphatic rings. The van der Waals surface area contributed by atoms with Gasteiger partial charge in [0.05, 0.1) is 17.7 Å². The van der Waals surface area contributed by atoms with E-state index < -0.39 is 24.1 Å². The average molecular weight is 438 g/mol. The normalized spacial score (nSPS) is 26.1. The van der Waals surface area contributed by atoms with Gasteiger partial charge in [0.2, 0.25) is 0 Å². The van der Waals surface area contributed by atoms with Gasteiger partial charge in [-0.15, -0.1) is 0 Å². The van der Waals surface area contributed by atoms with E-state index in [0.29, 0.717) is 21.5 Å². The van der Waals surface area contributed by atoms with Crippen LogP contribution in [0.15, 0.2) is 41.5 Å². The number of amidine groups is 1. The van der Waals surface area contributed by atoms with Crippen LogP contribution in [-0.4, -0.2) is 41.1 Å². The molecule has 4 rings (SSSR count).